The fourth-order valence-electron chi connectivity index (χ4n) is 3.39. The first-order chi connectivity index (χ1) is 13.1. The molecule has 0 atom stereocenters. The minimum Gasteiger partial charge on any atom is -0.338 e. The predicted molar refractivity (Wildman–Crippen MR) is 108 cm³/mol. The third-order valence-electron chi connectivity index (χ3n) is 4.81. The summed E-state index contributed by atoms with van der Waals surface area (Å²) in [7, 11) is 0. The molecule has 0 spiro atoms. The average molecular weight is 400 g/mol. The molecule has 0 radical (unpaired) electrons. The van der Waals surface area contributed by atoms with Gasteiger partial charge in [0.25, 0.3) is 5.91 Å². The van der Waals surface area contributed by atoms with Crippen LogP contribution in [-0.2, 0) is 4.79 Å². The number of piperidine rings is 1. The van der Waals surface area contributed by atoms with E-state index in [2.05, 4.69) is 10.3 Å². The molecule has 1 saturated heterocycles. The van der Waals surface area contributed by atoms with Crippen LogP contribution in [0.2, 0.25) is 5.02 Å². The van der Waals surface area contributed by atoms with Gasteiger partial charge >= 0.3 is 0 Å². The van der Waals surface area contributed by atoms with E-state index in [-0.39, 0.29) is 17.7 Å². The number of thiophene rings is 1. The van der Waals surface area contributed by atoms with Gasteiger partial charge in [0.1, 0.15) is 0 Å². The first-order valence-electron chi connectivity index (χ1n) is 8.80. The van der Waals surface area contributed by atoms with Crippen LogP contribution < -0.4 is 5.32 Å². The summed E-state index contributed by atoms with van der Waals surface area (Å²) in [4.78, 5) is 32.1. The van der Waals surface area contributed by atoms with Gasteiger partial charge < -0.3 is 10.2 Å². The lowest BCUT2D eigenvalue weighted by Gasteiger charge is -2.31. The quantitative estimate of drug-likeness (QED) is 0.708. The van der Waals surface area contributed by atoms with Crippen LogP contribution in [0.3, 0.4) is 0 Å². The Balaban J connectivity index is 1.43. The molecular weight excluding hydrogens is 382 g/mol. The normalized spacial score (nSPS) is 15.1. The number of fused-ring (bicyclic) bond motifs is 1. The summed E-state index contributed by atoms with van der Waals surface area (Å²) in [6.45, 7) is 1.17. The number of benzene rings is 1. The van der Waals surface area contributed by atoms with E-state index < -0.39 is 0 Å². The molecule has 27 heavy (non-hydrogen) atoms. The standard InChI is InChI=1S/C20H18ClN3O2S/c21-15-11-14-3-1-7-22-18(14)16(12-15)23-19(25)13-5-8-24(9-6-13)20(26)17-4-2-10-27-17/h1-4,7,10-13H,5-6,8-9H2,(H,23,25). The van der Waals surface area contributed by atoms with Crippen molar-refractivity contribution in [2.45, 2.75) is 12.8 Å². The van der Waals surface area contributed by atoms with Gasteiger partial charge in [-0.05, 0) is 42.5 Å². The molecule has 2 aromatic heterocycles. The number of rotatable bonds is 3. The van der Waals surface area contributed by atoms with Crippen LogP contribution >= 0.6 is 22.9 Å². The maximum atomic E-state index is 12.7. The second-order valence-corrected chi connectivity index (χ2v) is 7.95. The van der Waals surface area contributed by atoms with E-state index >= 15 is 0 Å². The van der Waals surface area contributed by atoms with Crippen LogP contribution in [0.15, 0.2) is 48.0 Å². The van der Waals surface area contributed by atoms with Crippen molar-refractivity contribution in [2.75, 3.05) is 18.4 Å². The van der Waals surface area contributed by atoms with Crippen molar-refractivity contribution in [3.8, 4) is 0 Å². The van der Waals surface area contributed by atoms with Gasteiger partial charge in [-0.2, -0.15) is 0 Å². The number of carbonyl (C=O) groups is 2. The lowest BCUT2D eigenvalue weighted by Crippen LogP contribution is -2.41. The Bertz CT molecular complexity index is 982. The minimum absolute atomic E-state index is 0.0487. The summed E-state index contributed by atoms with van der Waals surface area (Å²) in [5, 5.41) is 6.32. The number of halogens is 1. The molecule has 4 rings (SSSR count). The highest BCUT2D eigenvalue weighted by Gasteiger charge is 2.28. The number of aromatic nitrogens is 1. The Morgan fingerprint density at radius 1 is 1.19 bits per heavy atom. The third-order valence-corrected chi connectivity index (χ3v) is 5.89. The number of hydrogen-bond acceptors (Lipinski definition) is 4. The van der Waals surface area contributed by atoms with E-state index in [1.807, 2.05) is 40.6 Å². The van der Waals surface area contributed by atoms with E-state index in [0.717, 1.165) is 15.8 Å². The molecule has 1 N–H and O–H groups in total. The highest BCUT2D eigenvalue weighted by atomic mass is 35.5. The number of nitrogens with one attached hydrogen (secondary N) is 1. The summed E-state index contributed by atoms with van der Waals surface area (Å²) in [5.74, 6) is -0.128. The summed E-state index contributed by atoms with van der Waals surface area (Å²) in [6, 6.07) is 11.0. The van der Waals surface area contributed by atoms with E-state index in [4.69, 9.17) is 11.6 Å². The number of pyridine rings is 1. The van der Waals surface area contributed by atoms with Gasteiger partial charge in [0.2, 0.25) is 5.91 Å². The molecule has 3 heterocycles. The number of likely N-dealkylation sites (tertiary alicyclic amines) is 1. The molecule has 0 bridgehead atoms. The summed E-state index contributed by atoms with van der Waals surface area (Å²) < 4.78 is 0. The van der Waals surface area contributed by atoms with Crippen molar-refractivity contribution in [2.24, 2.45) is 5.92 Å². The van der Waals surface area contributed by atoms with Crippen molar-refractivity contribution in [3.05, 3.63) is 57.9 Å². The maximum absolute atomic E-state index is 12.7. The van der Waals surface area contributed by atoms with Crippen LogP contribution in [0.5, 0.6) is 0 Å². The van der Waals surface area contributed by atoms with E-state index in [9.17, 15) is 9.59 Å². The molecule has 2 amide bonds. The Kier molecular flexibility index (Phi) is 5.09. The van der Waals surface area contributed by atoms with Crippen molar-refractivity contribution >= 4 is 51.3 Å². The lowest BCUT2D eigenvalue weighted by molar-refractivity contribution is -0.121. The van der Waals surface area contributed by atoms with Crippen LogP contribution in [0.4, 0.5) is 5.69 Å². The molecular formula is C20H18ClN3O2S. The Labute approximate surface area is 166 Å². The van der Waals surface area contributed by atoms with Crippen molar-refractivity contribution < 1.29 is 9.59 Å². The highest BCUT2D eigenvalue weighted by molar-refractivity contribution is 7.12. The SMILES string of the molecule is O=C(Nc1cc(Cl)cc2cccnc12)C1CCN(C(=O)c2cccs2)CC1. The zero-order chi connectivity index (χ0) is 18.8. The third kappa shape index (κ3) is 3.82. The molecule has 1 aromatic carbocycles. The molecule has 5 nitrogen and oxygen atoms in total. The van der Waals surface area contributed by atoms with E-state index in [1.165, 1.54) is 11.3 Å². The molecule has 3 aromatic rings. The number of carbonyl (C=O) groups excluding carboxylic acids is 2. The maximum Gasteiger partial charge on any atom is 0.263 e. The number of hydrogen-bond donors (Lipinski definition) is 1. The van der Waals surface area contributed by atoms with Crippen LogP contribution in [0, 0.1) is 5.92 Å². The fourth-order valence-corrected chi connectivity index (χ4v) is 4.30. The molecule has 0 saturated carbocycles. The summed E-state index contributed by atoms with van der Waals surface area (Å²) in [6.07, 6.45) is 2.99. The second kappa shape index (κ2) is 7.66. The lowest BCUT2D eigenvalue weighted by atomic mass is 9.95. The molecule has 138 valence electrons. The summed E-state index contributed by atoms with van der Waals surface area (Å²) in [5.41, 5.74) is 1.35. The van der Waals surface area contributed by atoms with Crippen molar-refractivity contribution in [3.63, 3.8) is 0 Å². The molecule has 0 unspecified atom stereocenters. The zero-order valence-corrected chi connectivity index (χ0v) is 16.1. The Morgan fingerprint density at radius 3 is 2.74 bits per heavy atom. The molecule has 1 aliphatic heterocycles. The molecule has 1 aliphatic rings. The predicted octanol–water partition coefficient (Wildman–Crippen LogP) is 4.44. The molecule has 1 fully saturated rings. The topological polar surface area (TPSA) is 62.3 Å². The number of nitrogens with zero attached hydrogens (tertiary/aromatic N) is 2. The van der Waals surface area contributed by atoms with Crippen LogP contribution in [0.1, 0.15) is 22.5 Å². The van der Waals surface area contributed by atoms with Gasteiger partial charge in [-0.25, -0.2) is 0 Å². The van der Waals surface area contributed by atoms with Crippen molar-refractivity contribution in [1.29, 1.82) is 0 Å². The second-order valence-electron chi connectivity index (χ2n) is 6.56. The summed E-state index contributed by atoms with van der Waals surface area (Å²) >= 11 is 7.62. The van der Waals surface area contributed by atoms with E-state index in [0.29, 0.717) is 36.6 Å². The van der Waals surface area contributed by atoms with Gasteiger partial charge in [0, 0.05) is 35.6 Å². The molecule has 0 aliphatic carbocycles. The first kappa shape index (κ1) is 17.9. The van der Waals surface area contributed by atoms with Crippen LogP contribution in [-0.4, -0.2) is 34.8 Å². The van der Waals surface area contributed by atoms with Gasteiger partial charge in [-0.3, -0.25) is 14.6 Å². The highest BCUT2D eigenvalue weighted by Crippen LogP contribution is 2.28. The average Bonchev–Trinajstić information content (AvgIpc) is 3.22. The minimum atomic E-state index is -0.130. The zero-order valence-electron chi connectivity index (χ0n) is 14.5. The monoisotopic (exact) mass is 399 g/mol. The number of amides is 2. The largest absolute Gasteiger partial charge is 0.338 e. The molecule has 7 heteroatoms. The Morgan fingerprint density at radius 2 is 2.00 bits per heavy atom. The van der Waals surface area contributed by atoms with E-state index in [1.54, 1.807) is 12.3 Å². The van der Waals surface area contributed by atoms with Crippen LogP contribution in [0.25, 0.3) is 10.9 Å². The van der Waals surface area contributed by atoms with Gasteiger partial charge in [0.05, 0.1) is 16.1 Å². The van der Waals surface area contributed by atoms with Crippen molar-refractivity contribution in [1.82, 2.24) is 9.88 Å². The van der Waals surface area contributed by atoms with Gasteiger partial charge in [-0.15, -0.1) is 11.3 Å². The van der Waals surface area contributed by atoms with Gasteiger partial charge in [-0.1, -0.05) is 23.7 Å². The smallest absolute Gasteiger partial charge is 0.263 e. The number of anilines is 1. The first-order valence-corrected chi connectivity index (χ1v) is 10.1. The Hall–Kier alpha value is -2.44. The van der Waals surface area contributed by atoms with Gasteiger partial charge in [0.15, 0.2) is 0 Å². The fraction of sp³-hybridized carbons (Fsp3) is 0.250.